The van der Waals surface area contributed by atoms with Crippen molar-refractivity contribution in [1.29, 1.82) is 0 Å². The smallest absolute Gasteiger partial charge is 0.340 e. The Morgan fingerprint density at radius 2 is 0.956 bits per heavy atom. The first-order valence-corrected chi connectivity index (χ1v) is 14.4. The lowest BCUT2D eigenvalue weighted by atomic mass is 10.3. The molecule has 0 aromatic carbocycles. The number of oxime groups is 3. The molecule has 0 atom stereocenters. The minimum Gasteiger partial charge on any atom is -0.340 e. The lowest BCUT2D eigenvalue weighted by Crippen LogP contribution is -2.55. The SMILES string of the molecule is CC/C(C)=N/OC(=O)NCCCn1c(=O)n(CCCNC(=O)O/N=C(\C)CC)c(=O)n(COCNC(=O)O/N=C(\C)CC)c1=O. The van der Waals surface area contributed by atoms with Crippen molar-refractivity contribution < 1.29 is 33.6 Å². The fourth-order valence-electron chi connectivity index (χ4n) is 2.93. The summed E-state index contributed by atoms with van der Waals surface area (Å²) >= 11 is 0. The topological polar surface area (TPSA) is 227 Å². The van der Waals surface area contributed by atoms with Crippen LogP contribution < -0.4 is 33.0 Å². The van der Waals surface area contributed by atoms with E-state index in [0.717, 1.165) is 9.13 Å². The maximum absolute atomic E-state index is 13.1. The number of amides is 3. The van der Waals surface area contributed by atoms with Crippen LogP contribution in [0.4, 0.5) is 14.4 Å². The van der Waals surface area contributed by atoms with Gasteiger partial charge >= 0.3 is 35.3 Å². The summed E-state index contributed by atoms with van der Waals surface area (Å²) in [6.07, 6.45) is -0.518. The summed E-state index contributed by atoms with van der Waals surface area (Å²) in [5.74, 6) is 0. The van der Waals surface area contributed by atoms with E-state index in [9.17, 15) is 28.8 Å². The molecule has 0 saturated heterocycles. The lowest BCUT2D eigenvalue weighted by Gasteiger charge is -2.14. The second-order valence-corrected chi connectivity index (χ2v) is 9.47. The van der Waals surface area contributed by atoms with Gasteiger partial charge in [-0.1, -0.05) is 36.2 Å². The van der Waals surface area contributed by atoms with Gasteiger partial charge in [0.25, 0.3) is 0 Å². The predicted molar refractivity (Wildman–Crippen MR) is 163 cm³/mol. The van der Waals surface area contributed by atoms with Crippen LogP contribution in [0.1, 0.15) is 73.6 Å². The van der Waals surface area contributed by atoms with Gasteiger partial charge in [-0.3, -0.25) is 19.8 Å². The molecule has 0 spiro atoms. The molecule has 0 aliphatic heterocycles. The molecule has 1 heterocycles. The molecule has 19 nitrogen and oxygen atoms in total. The Kier molecular flexibility index (Phi) is 17.8. The van der Waals surface area contributed by atoms with Crippen molar-refractivity contribution in [3.05, 3.63) is 31.5 Å². The minimum absolute atomic E-state index is 0.0269. The molecular weight excluding hydrogens is 598 g/mol. The molecule has 252 valence electrons. The zero-order valence-corrected chi connectivity index (χ0v) is 26.5. The van der Waals surface area contributed by atoms with Crippen LogP contribution in [-0.4, -0.2) is 68.9 Å². The maximum atomic E-state index is 13.1. The Bertz CT molecular complexity index is 1210. The van der Waals surface area contributed by atoms with E-state index in [1.54, 1.807) is 20.8 Å². The van der Waals surface area contributed by atoms with Crippen LogP contribution in [0.3, 0.4) is 0 Å². The van der Waals surface area contributed by atoms with E-state index in [1.807, 2.05) is 20.8 Å². The van der Waals surface area contributed by atoms with Crippen LogP contribution in [0.25, 0.3) is 0 Å². The molecule has 0 saturated carbocycles. The van der Waals surface area contributed by atoms with Gasteiger partial charge in [0.15, 0.2) is 0 Å². The molecule has 0 fully saturated rings. The fourth-order valence-corrected chi connectivity index (χ4v) is 2.93. The maximum Gasteiger partial charge on any atom is 0.435 e. The zero-order valence-electron chi connectivity index (χ0n) is 26.5. The summed E-state index contributed by atoms with van der Waals surface area (Å²) in [7, 11) is 0. The highest BCUT2D eigenvalue weighted by molar-refractivity contribution is 5.82. The Morgan fingerprint density at radius 1 is 0.600 bits per heavy atom. The van der Waals surface area contributed by atoms with E-state index in [0.29, 0.717) is 41.0 Å². The molecule has 1 aromatic heterocycles. The number of rotatable bonds is 18. The van der Waals surface area contributed by atoms with Gasteiger partial charge in [0.1, 0.15) is 13.5 Å². The Hall–Kier alpha value is -4.81. The fraction of sp³-hybridized carbons (Fsp3) is 0.654. The van der Waals surface area contributed by atoms with Gasteiger partial charge in [0.05, 0.1) is 17.1 Å². The molecule has 0 unspecified atom stereocenters. The Morgan fingerprint density at radius 3 is 1.33 bits per heavy atom. The number of nitrogens with one attached hydrogen (secondary N) is 3. The quantitative estimate of drug-likeness (QED) is 0.0686. The zero-order chi connectivity index (χ0) is 33.8. The van der Waals surface area contributed by atoms with E-state index in [1.165, 1.54) is 0 Å². The van der Waals surface area contributed by atoms with Crippen LogP contribution in [0, 0.1) is 0 Å². The van der Waals surface area contributed by atoms with Gasteiger partial charge in [-0.25, -0.2) is 42.5 Å². The number of carbonyl (C=O) groups excluding carboxylic acids is 3. The summed E-state index contributed by atoms with van der Waals surface area (Å²) < 4.78 is 7.55. The summed E-state index contributed by atoms with van der Waals surface area (Å²) in [6, 6.07) is 0. The first-order chi connectivity index (χ1) is 21.4. The molecule has 3 amide bonds. The van der Waals surface area contributed by atoms with Gasteiger partial charge in [-0.05, 0) is 52.9 Å². The van der Waals surface area contributed by atoms with Crippen molar-refractivity contribution in [1.82, 2.24) is 29.7 Å². The highest BCUT2D eigenvalue weighted by atomic mass is 16.7. The van der Waals surface area contributed by atoms with Crippen LogP contribution in [0.15, 0.2) is 29.9 Å². The third-order valence-corrected chi connectivity index (χ3v) is 5.97. The predicted octanol–water partition coefficient (Wildman–Crippen LogP) is 1.42. The third kappa shape index (κ3) is 14.5. The normalized spacial score (nSPS) is 12.0. The van der Waals surface area contributed by atoms with Crippen LogP contribution in [0.5, 0.6) is 0 Å². The molecule has 3 N–H and O–H groups in total. The molecule has 0 bridgehead atoms. The van der Waals surface area contributed by atoms with E-state index in [4.69, 9.17) is 14.4 Å². The number of carbonyl (C=O) groups is 3. The van der Waals surface area contributed by atoms with Crippen LogP contribution in [0.2, 0.25) is 0 Å². The Labute approximate surface area is 259 Å². The monoisotopic (exact) mass is 641 g/mol. The Balaban J connectivity index is 3.00. The van der Waals surface area contributed by atoms with Gasteiger partial charge in [0.2, 0.25) is 0 Å². The molecule has 0 radical (unpaired) electrons. The van der Waals surface area contributed by atoms with Crippen LogP contribution >= 0.6 is 0 Å². The van der Waals surface area contributed by atoms with Crippen molar-refractivity contribution in [2.75, 3.05) is 19.8 Å². The van der Waals surface area contributed by atoms with E-state index in [-0.39, 0.29) is 39.0 Å². The summed E-state index contributed by atoms with van der Waals surface area (Å²) in [5, 5.41) is 18.0. The molecule has 19 heteroatoms. The van der Waals surface area contributed by atoms with E-state index >= 15 is 0 Å². The number of hydrogen-bond donors (Lipinski definition) is 3. The minimum atomic E-state index is -0.969. The first-order valence-electron chi connectivity index (χ1n) is 14.4. The van der Waals surface area contributed by atoms with Crippen molar-refractivity contribution >= 4 is 35.4 Å². The van der Waals surface area contributed by atoms with E-state index in [2.05, 4.69) is 36.3 Å². The van der Waals surface area contributed by atoms with Crippen molar-refractivity contribution in [2.45, 2.75) is 93.5 Å². The molecule has 0 aliphatic carbocycles. The number of nitrogens with zero attached hydrogens (tertiary/aromatic N) is 6. The van der Waals surface area contributed by atoms with E-state index < -0.39 is 48.8 Å². The van der Waals surface area contributed by atoms with Gasteiger partial charge in [-0.2, -0.15) is 0 Å². The lowest BCUT2D eigenvalue weighted by molar-refractivity contribution is 0.0497. The number of aromatic nitrogens is 3. The first kappa shape index (κ1) is 38.2. The number of ether oxygens (including phenoxy) is 1. The average Bonchev–Trinajstić information content (AvgIpc) is 3.03. The summed E-state index contributed by atoms with van der Waals surface area (Å²) in [4.78, 5) is 88.7. The third-order valence-electron chi connectivity index (χ3n) is 5.97. The molecule has 1 rings (SSSR count). The van der Waals surface area contributed by atoms with Crippen molar-refractivity contribution in [3.63, 3.8) is 0 Å². The molecular formula is C26H43N9O10. The standard InChI is InChI=1S/C26H43N9O10/c1-7-18(4)30-43-21(36)27-12-10-14-33-24(39)34(15-11-13-28-22(37)44-31-19(5)8-2)26(41)35(25(33)40)17-42-16-29-23(38)45-32-20(6)9-3/h7-17H2,1-6H3,(H,27,36)(H,28,37)(H,29,38)/b30-18+,31-19+,32-20+. The van der Waals surface area contributed by atoms with Gasteiger partial charge in [-0.15, -0.1) is 0 Å². The molecule has 1 aromatic rings. The summed E-state index contributed by atoms with van der Waals surface area (Å²) in [5.41, 5.74) is -1.03. The number of hydrogen-bond acceptors (Lipinski definition) is 13. The molecule has 45 heavy (non-hydrogen) atoms. The van der Waals surface area contributed by atoms with Gasteiger partial charge < -0.3 is 15.4 Å². The average molecular weight is 642 g/mol. The van der Waals surface area contributed by atoms with Crippen LogP contribution in [-0.2, 0) is 39.1 Å². The van der Waals surface area contributed by atoms with Crippen molar-refractivity contribution in [2.24, 2.45) is 15.5 Å². The van der Waals surface area contributed by atoms with Crippen molar-refractivity contribution in [3.8, 4) is 0 Å². The second kappa shape index (κ2) is 21.0. The highest BCUT2D eigenvalue weighted by Crippen LogP contribution is 1.91. The largest absolute Gasteiger partial charge is 0.435 e. The summed E-state index contributed by atoms with van der Waals surface area (Å²) in [6.45, 7) is 9.23. The second-order valence-electron chi connectivity index (χ2n) is 9.47. The highest BCUT2D eigenvalue weighted by Gasteiger charge is 2.16. The van der Waals surface area contributed by atoms with Gasteiger partial charge in [0, 0.05) is 26.2 Å². The molecule has 0 aliphatic rings.